The highest BCUT2D eigenvalue weighted by Crippen LogP contribution is 2.12. The normalized spacial score (nSPS) is 11.1. The van der Waals surface area contributed by atoms with Crippen LogP contribution >= 0.6 is 0 Å². The van der Waals surface area contributed by atoms with Crippen molar-refractivity contribution >= 4 is 11.6 Å². The quantitative estimate of drug-likeness (QED) is 0.679. The monoisotopic (exact) mass is 296 g/mol. The summed E-state index contributed by atoms with van der Waals surface area (Å²) in [6, 6.07) is 15.2. The number of hydrogen-bond acceptors (Lipinski definition) is 3. The lowest BCUT2D eigenvalue weighted by atomic mass is 10.1. The summed E-state index contributed by atoms with van der Waals surface area (Å²) in [4.78, 5) is 12.0. The molecule has 114 valence electrons. The molecule has 0 unspecified atom stereocenters. The van der Waals surface area contributed by atoms with Crippen molar-refractivity contribution < 1.29 is 9.53 Å². The molecule has 0 radical (unpaired) electrons. The van der Waals surface area contributed by atoms with E-state index in [4.69, 9.17) is 4.74 Å². The molecule has 0 aliphatic rings. The maximum Gasteiger partial charge on any atom is 0.271 e. The minimum absolute atomic E-state index is 0.200. The van der Waals surface area contributed by atoms with Crippen LogP contribution in [-0.2, 0) is 6.42 Å². The Balaban J connectivity index is 1.94. The predicted octanol–water partition coefficient (Wildman–Crippen LogP) is 3.35. The molecule has 4 heteroatoms. The fourth-order valence-corrected chi connectivity index (χ4v) is 1.99. The van der Waals surface area contributed by atoms with Gasteiger partial charge in [0.2, 0.25) is 0 Å². The molecular formula is C18H20N2O2. The fraction of sp³-hybridized carbons (Fsp3) is 0.222. The Morgan fingerprint density at radius 1 is 1.09 bits per heavy atom. The van der Waals surface area contributed by atoms with E-state index in [9.17, 15) is 4.79 Å². The molecule has 0 aliphatic carbocycles. The lowest BCUT2D eigenvalue weighted by Crippen LogP contribution is -2.19. The van der Waals surface area contributed by atoms with E-state index in [2.05, 4.69) is 10.5 Å². The second-order valence-corrected chi connectivity index (χ2v) is 5.18. The zero-order chi connectivity index (χ0) is 15.9. The average molecular weight is 296 g/mol. The van der Waals surface area contributed by atoms with Gasteiger partial charge in [-0.3, -0.25) is 4.79 Å². The van der Waals surface area contributed by atoms with Crippen LogP contribution in [0.25, 0.3) is 0 Å². The number of carbonyl (C=O) groups is 1. The average Bonchev–Trinajstić information content (AvgIpc) is 2.54. The number of rotatable bonds is 5. The molecule has 0 bridgehead atoms. The van der Waals surface area contributed by atoms with Crippen LogP contribution in [0.5, 0.6) is 5.75 Å². The van der Waals surface area contributed by atoms with Crippen molar-refractivity contribution in [3.63, 3.8) is 0 Å². The molecule has 0 aromatic heterocycles. The largest absolute Gasteiger partial charge is 0.497 e. The Morgan fingerprint density at radius 3 is 2.32 bits per heavy atom. The van der Waals surface area contributed by atoms with Gasteiger partial charge in [0, 0.05) is 17.7 Å². The van der Waals surface area contributed by atoms with Gasteiger partial charge in [-0.05, 0) is 43.7 Å². The number of methoxy groups -OCH3 is 1. The van der Waals surface area contributed by atoms with E-state index in [0.717, 1.165) is 22.6 Å². The standard InChI is InChI=1S/C18H20N2O2/c1-13-4-8-16(9-5-13)18(21)20-19-14(2)12-15-6-10-17(22-3)11-7-15/h4-11H,12H2,1-3H3,(H,20,21)/b19-14+. The zero-order valence-corrected chi connectivity index (χ0v) is 13.1. The van der Waals surface area contributed by atoms with Crippen LogP contribution in [0.3, 0.4) is 0 Å². The zero-order valence-electron chi connectivity index (χ0n) is 13.1. The summed E-state index contributed by atoms with van der Waals surface area (Å²) in [5, 5.41) is 4.15. The molecule has 0 spiro atoms. The number of ether oxygens (including phenoxy) is 1. The van der Waals surface area contributed by atoms with Gasteiger partial charge in [-0.15, -0.1) is 0 Å². The first kappa shape index (κ1) is 15.8. The van der Waals surface area contributed by atoms with Crippen LogP contribution in [0, 0.1) is 6.92 Å². The maximum atomic E-state index is 12.0. The van der Waals surface area contributed by atoms with Crippen LogP contribution in [0.2, 0.25) is 0 Å². The van der Waals surface area contributed by atoms with E-state index in [1.165, 1.54) is 0 Å². The van der Waals surface area contributed by atoms with Crippen LogP contribution in [0.4, 0.5) is 0 Å². The molecule has 2 aromatic rings. The van der Waals surface area contributed by atoms with Gasteiger partial charge < -0.3 is 4.74 Å². The Labute approximate surface area is 130 Å². The SMILES string of the molecule is COc1ccc(C/C(C)=N/NC(=O)c2ccc(C)cc2)cc1. The van der Waals surface area contributed by atoms with E-state index < -0.39 is 0 Å². The Bertz CT molecular complexity index is 658. The number of amides is 1. The highest BCUT2D eigenvalue weighted by Gasteiger charge is 2.04. The first-order valence-electron chi connectivity index (χ1n) is 7.11. The molecule has 0 atom stereocenters. The Morgan fingerprint density at radius 2 is 1.73 bits per heavy atom. The van der Waals surface area contributed by atoms with Crippen molar-refractivity contribution in [1.82, 2.24) is 5.43 Å². The second-order valence-electron chi connectivity index (χ2n) is 5.18. The van der Waals surface area contributed by atoms with Gasteiger partial charge in [0.25, 0.3) is 5.91 Å². The van der Waals surface area contributed by atoms with Gasteiger partial charge in [-0.1, -0.05) is 29.8 Å². The third-order valence-corrected chi connectivity index (χ3v) is 3.28. The molecule has 0 aliphatic heterocycles. The number of nitrogens with zero attached hydrogens (tertiary/aromatic N) is 1. The number of hydrazone groups is 1. The summed E-state index contributed by atoms with van der Waals surface area (Å²) >= 11 is 0. The number of hydrogen-bond donors (Lipinski definition) is 1. The molecule has 0 fully saturated rings. The van der Waals surface area contributed by atoms with Crippen molar-refractivity contribution in [3.8, 4) is 5.75 Å². The summed E-state index contributed by atoms with van der Waals surface area (Å²) in [5.74, 6) is 0.625. The van der Waals surface area contributed by atoms with E-state index in [1.54, 1.807) is 19.2 Å². The number of nitrogens with one attached hydrogen (secondary N) is 1. The van der Waals surface area contributed by atoms with Crippen molar-refractivity contribution in [2.24, 2.45) is 5.10 Å². The molecule has 22 heavy (non-hydrogen) atoms. The topological polar surface area (TPSA) is 50.7 Å². The molecule has 0 saturated carbocycles. The summed E-state index contributed by atoms with van der Waals surface area (Å²) in [7, 11) is 1.64. The molecule has 1 amide bonds. The van der Waals surface area contributed by atoms with E-state index >= 15 is 0 Å². The first-order chi connectivity index (χ1) is 10.6. The maximum absolute atomic E-state index is 12.0. The van der Waals surface area contributed by atoms with Crippen molar-refractivity contribution in [1.29, 1.82) is 0 Å². The number of benzene rings is 2. The van der Waals surface area contributed by atoms with E-state index in [1.807, 2.05) is 50.2 Å². The van der Waals surface area contributed by atoms with Gasteiger partial charge in [0.05, 0.1) is 7.11 Å². The summed E-state index contributed by atoms with van der Waals surface area (Å²) in [5.41, 5.74) is 6.27. The number of carbonyl (C=O) groups excluding carboxylic acids is 1. The van der Waals surface area contributed by atoms with Crippen LogP contribution in [0.15, 0.2) is 53.6 Å². The third kappa shape index (κ3) is 4.45. The molecular weight excluding hydrogens is 276 g/mol. The van der Waals surface area contributed by atoms with Crippen LogP contribution < -0.4 is 10.2 Å². The van der Waals surface area contributed by atoms with Crippen molar-refractivity contribution in [2.75, 3.05) is 7.11 Å². The van der Waals surface area contributed by atoms with Gasteiger partial charge in [-0.25, -0.2) is 5.43 Å². The van der Waals surface area contributed by atoms with Gasteiger partial charge in [-0.2, -0.15) is 5.10 Å². The van der Waals surface area contributed by atoms with Gasteiger partial charge in [0.15, 0.2) is 0 Å². The highest BCUT2D eigenvalue weighted by molar-refractivity contribution is 5.95. The van der Waals surface area contributed by atoms with Crippen LogP contribution in [0.1, 0.15) is 28.4 Å². The summed E-state index contributed by atoms with van der Waals surface area (Å²) < 4.78 is 5.12. The summed E-state index contributed by atoms with van der Waals surface area (Å²) in [6.07, 6.45) is 0.679. The summed E-state index contributed by atoms with van der Waals surface area (Å²) in [6.45, 7) is 3.87. The molecule has 2 rings (SSSR count). The lowest BCUT2D eigenvalue weighted by molar-refractivity contribution is 0.0954. The minimum Gasteiger partial charge on any atom is -0.497 e. The van der Waals surface area contributed by atoms with Crippen molar-refractivity contribution in [3.05, 3.63) is 65.2 Å². The van der Waals surface area contributed by atoms with Crippen LogP contribution in [-0.4, -0.2) is 18.7 Å². The van der Waals surface area contributed by atoms with Gasteiger partial charge in [0.1, 0.15) is 5.75 Å². The lowest BCUT2D eigenvalue weighted by Gasteiger charge is -2.05. The fourth-order valence-electron chi connectivity index (χ4n) is 1.99. The smallest absolute Gasteiger partial charge is 0.271 e. The first-order valence-corrected chi connectivity index (χ1v) is 7.11. The molecule has 1 N–H and O–H groups in total. The second kappa shape index (κ2) is 7.41. The Hall–Kier alpha value is -2.62. The Kier molecular flexibility index (Phi) is 5.31. The number of aryl methyl sites for hydroxylation is 1. The molecule has 0 heterocycles. The molecule has 2 aromatic carbocycles. The highest BCUT2D eigenvalue weighted by atomic mass is 16.5. The van der Waals surface area contributed by atoms with Gasteiger partial charge >= 0.3 is 0 Å². The minimum atomic E-state index is -0.200. The van der Waals surface area contributed by atoms with E-state index in [-0.39, 0.29) is 5.91 Å². The van der Waals surface area contributed by atoms with Crippen molar-refractivity contribution in [2.45, 2.75) is 20.3 Å². The van der Waals surface area contributed by atoms with E-state index in [0.29, 0.717) is 12.0 Å². The third-order valence-electron chi connectivity index (χ3n) is 3.28. The molecule has 4 nitrogen and oxygen atoms in total. The predicted molar refractivity (Wildman–Crippen MR) is 88.5 cm³/mol. The molecule has 0 saturated heterocycles.